The number of aliphatic hydroxyl groups is 1. The van der Waals surface area contributed by atoms with Crippen LogP contribution in [0, 0.1) is 5.82 Å². The van der Waals surface area contributed by atoms with Crippen molar-refractivity contribution in [2.24, 2.45) is 0 Å². The predicted molar refractivity (Wildman–Crippen MR) is 72.6 cm³/mol. The van der Waals surface area contributed by atoms with Gasteiger partial charge in [-0.3, -0.25) is 0 Å². The predicted octanol–water partition coefficient (Wildman–Crippen LogP) is 3.59. The van der Waals surface area contributed by atoms with Crippen molar-refractivity contribution in [1.29, 1.82) is 0 Å². The third-order valence-electron chi connectivity index (χ3n) is 2.18. The molecule has 90 valence electrons. The summed E-state index contributed by atoms with van der Waals surface area (Å²) in [6, 6.07) is 6.23. The van der Waals surface area contributed by atoms with E-state index in [1.165, 1.54) is 30.1 Å². The van der Waals surface area contributed by atoms with Crippen molar-refractivity contribution < 1.29 is 9.50 Å². The Morgan fingerprint density at radius 2 is 1.94 bits per heavy atom. The van der Waals surface area contributed by atoms with E-state index >= 15 is 0 Å². The summed E-state index contributed by atoms with van der Waals surface area (Å²) in [5.41, 5.74) is 0.949. The number of aliphatic hydroxyl groups excluding tert-OH is 1. The zero-order valence-electron chi connectivity index (χ0n) is 10.8. The van der Waals surface area contributed by atoms with Gasteiger partial charge in [0.25, 0.3) is 0 Å². The summed E-state index contributed by atoms with van der Waals surface area (Å²) in [6.45, 7) is 2.36. The summed E-state index contributed by atoms with van der Waals surface area (Å²) in [5, 5.41) is 9.82. The topological polar surface area (TPSA) is 20.2 Å². The van der Waals surface area contributed by atoms with Gasteiger partial charge in [-0.25, -0.2) is 4.39 Å². The van der Waals surface area contributed by atoms with Crippen molar-refractivity contribution in [3.63, 3.8) is 0 Å². The van der Waals surface area contributed by atoms with E-state index in [9.17, 15) is 4.39 Å². The molecule has 0 aliphatic heterocycles. The summed E-state index contributed by atoms with van der Waals surface area (Å²) >= 11 is 2.21. The third kappa shape index (κ3) is 10.3. The van der Waals surface area contributed by atoms with Gasteiger partial charge in [0.15, 0.2) is 0 Å². The van der Waals surface area contributed by atoms with Gasteiger partial charge in [0, 0.05) is 6.61 Å². The van der Waals surface area contributed by atoms with Crippen LogP contribution in [0.5, 0.6) is 0 Å². The van der Waals surface area contributed by atoms with Crippen LogP contribution in [0.1, 0.15) is 31.7 Å². The van der Waals surface area contributed by atoms with Crippen molar-refractivity contribution in [3.8, 4) is 0 Å². The van der Waals surface area contributed by atoms with E-state index in [0.717, 1.165) is 5.56 Å². The molecule has 0 unspecified atom stereocenters. The van der Waals surface area contributed by atoms with Crippen LogP contribution in [0.15, 0.2) is 30.3 Å². The number of hydrogen-bond acceptors (Lipinski definition) is 1. The van der Waals surface area contributed by atoms with Crippen LogP contribution < -0.4 is 0 Å². The minimum atomic E-state index is -0.227. The second-order valence-corrected chi connectivity index (χ2v) is 3.82. The Bertz CT molecular complexity index is 294. The van der Waals surface area contributed by atoms with Crippen molar-refractivity contribution in [1.82, 2.24) is 0 Å². The van der Waals surface area contributed by atoms with Gasteiger partial charge in [-0.1, -0.05) is 24.3 Å². The SMILES string of the molecule is OCC/C=C/c1ccc(F)cc1.[Li][CH2]CCC. The molecule has 0 saturated heterocycles. The number of hydrogen-bond donors (Lipinski definition) is 1. The normalized spacial score (nSPS) is 10.2. The number of halogens is 1. The molecule has 0 fully saturated rings. The first kappa shape index (κ1) is 16.4. The molecule has 3 heteroatoms. The Morgan fingerprint density at radius 3 is 2.35 bits per heavy atom. The van der Waals surface area contributed by atoms with Crippen molar-refractivity contribution in [2.45, 2.75) is 31.3 Å². The van der Waals surface area contributed by atoms with E-state index in [-0.39, 0.29) is 12.4 Å². The van der Waals surface area contributed by atoms with E-state index in [1.807, 2.05) is 12.2 Å². The van der Waals surface area contributed by atoms with Crippen LogP contribution in [0.4, 0.5) is 4.39 Å². The maximum absolute atomic E-state index is 12.4. The Kier molecular flexibility index (Phi) is 11.5. The van der Waals surface area contributed by atoms with E-state index in [2.05, 4.69) is 24.6 Å². The first-order chi connectivity index (χ1) is 8.24. The molecule has 0 aromatic heterocycles. The fourth-order valence-electron chi connectivity index (χ4n) is 1.22. The molecule has 1 N–H and O–H groups in total. The summed E-state index contributed by atoms with van der Waals surface area (Å²) in [4.78, 5) is 0. The molecule has 1 nitrogen and oxygen atoms in total. The first-order valence-electron chi connectivity index (χ1n) is 6.27. The second-order valence-electron chi connectivity index (χ2n) is 3.82. The fourth-order valence-corrected chi connectivity index (χ4v) is 1.22. The first-order valence-corrected chi connectivity index (χ1v) is 6.27. The molecule has 0 heterocycles. The zero-order valence-corrected chi connectivity index (χ0v) is 10.8. The molecule has 0 spiro atoms. The maximum atomic E-state index is 12.4. The molecule has 0 saturated carbocycles. The molecule has 0 amide bonds. The Labute approximate surface area is 113 Å². The molecule has 0 radical (unpaired) electrons. The molecule has 1 aromatic rings. The second kappa shape index (κ2) is 11.9. The Balaban J connectivity index is 0.000000437. The number of rotatable bonds is 5. The van der Waals surface area contributed by atoms with Gasteiger partial charge < -0.3 is 5.11 Å². The van der Waals surface area contributed by atoms with Crippen LogP contribution in [-0.4, -0.2) is 29.4 Å². The van der Waals surface area contributed by atoms with Gasteiger partial charge in [0.05, 0.1) is 0 Å². The minimum absolute atomic E-state index is 0.150. The van der Waals surface area contributed by atoms with Gasteiger partial charge in [0.1, 0.15) is 5.82 Å². The monoisotopic (exact) mass is 230 g/mol. The van der Waals surface area contributed by atoms with Crippen LogP contribution in [0.25, 0.3) is 6.08 Å². The third-order valence-corrected chi connectivity index (χ3v) is 2.18. The summed E-state index contributed by atoms with van der Waals surface area (Å²) in [6.07, 6.45) is 7.08. The average Bonchev–Trinajstić information content (AvgIpc) is 2.34. The molecule has 0 aliphatic rings. The molecule has 1 rings (SSSR count). The van der Waals surface area contributed by atoms with E-state index < -0.39 is 0 Å². The average molecular weight is 230 g/mol. The Morgan fingerprint density at radius 1 is 1.29 bits per heavy atom. The van der Waals surface area contributed by atoms with Gasteiger partial charge in [-0.05, 0) is 24.1 Å². The summed E-state index contributed by atoms with van der Waals surface area (Å²) in [5.74, 6) is -0.227. The summed E-state index contributed by atoms with van der Waals surface area (Å²) in [7, 11) is 0. The van der Waals surface area contributed by atoms with Crippen LogP contribution >= 0.6 is 0 Å². The van der Waals surface area contributed by atoms with Crippen molar-refractivity contribution in [2.75, 3.05) is 6.61 Å². The molecule has 0 aliphatic carbocycles. The number of unbranched alkanes of at least 4 members (excludes halogenated alkanes) is 1. The fraction of sp³-hybridized carbons (Fsp3) is 0.429. The summed E-state index contributed by atoms with van der Waals surface area (Å²) < 4.78 is 12.4. The standard InChI is InChI=1S/C10H11FO.C4H9.Li/c11-10-6-4-9(5-7-10)3-1-2-8-12;1-3-4-2;/h1,3-7,12H,2,8H2;1,3-4H2,2H3;/b3-1+;;. The molecule has 0 bridgehead atoms. The van der Waals surface area contributed by atoms with Gasteiger partial charge in [0.2, 0.25) is 0 Å². The molecule has 0 atom stereocenters. The van der Waals surface area contributed by atoms with Gasteiger partial charge >= 0.3 is 42.6 Å². The molecule has 1 aromatic carbocycles. The Hall–Kier alpha value is -0.553. The van der Waals surface area contributed by atoms with Crippen molar-refractivity contribution in [3.05, 3.63) is 41.7 Å². The zero-order chi connectivity index (χ0) is 12.9. The van der Waals surface area contributed by atoms with Crippen molar-refractivity contribution >= 4 is 23.8 Å². The number of benzene rings is 1. The van der Waals surface area contributed by atoms with E-state index in [1.54, 1.807) is 12.1 Å². The van der Waals surface area contributed by atoms with Crippen LogP contribution in [-0.2, 0) is 0 Å². The van der Waals surface area contributed by atoms with Gasteiger partial charge in [-0.2, -0.15) is 0 Å². The molecular weight excluding hydrogens is 210 g/mol. The molecule has 17 heavy (non-hydrogen) atoms. The van der Waals surface area contributed by atoms with E-state index in [4.69, 9.17) is 5.11 Å². The van der Waals surface area contributed by atoms with Gasteiger partial charge in [-0.15, -0.1) is 0 Å². The van der Waals surface area contributed by atoms with E-state index in [0.29, 0.717) is 6.42 Å². The van der Waals surface area contributed by atoms with Crippen LogP contribution in [0.2, 0.25) is 5.09 Å². The quantitative estimate of drug-likeness (QED) is 0.766. The molecular formula is C14H20FLiO. The van der Waals surface area contributed by atoms with Crippen LogP contribution in [0.3, 0.4) is 0 Å².